The molecule has 2 aliphatic rings. The van der Waals surface area contributed by atoms with Gasteiger partial charge in [0.2, 0.25) is 0 Å². The molecule has 1 amide bonds. The van der Waals surface area contributed by atoms with Crippen LogP contribution in [0.5, 0.6) is 0 Å². The molecule has 19 heavy (non-hydrogen) atoms. The highest BCUT2D eigenvalue weighted by Gasteiger charge is 2.32. The molecule has 0 aromatic heterocycles. The first-order chi connectivity index (χ1) is 9.24. The minimum Gasteiger partial charge on any atom is -0.349 e. The number of hydrogen-bond acceptors (Lipinski definition) is 3. The maximum atomic E-state index is 12.3. The molecule has 0 bridgehead atoms. The van der Waals surface area contributed by atoms with E-state index < -0.39 is 0 Å². The van der Waals surface area contributed by atoms with Gasteiger partial charge >= 0.3 is 0 Å². The number of amides is 1. The van der Waals surface area contributed by atoms with Crippen molar-refractivity contribution >= 4 is 18.5 Å². The van der Waals surface area contributed by atoms with Gasteiger partial charge in [-0.15, -0.1) is 12.6 Å². The zero-order valence-corrected chi connectivity index (χ0v) is 11.9. The molecule has 2 fully saturated rings. The number of rotatable bonds is 2. The molecule has 1 aromatic rings. The highest BCUT2D eigenvalue weighted by Crippen LogP contribution is 2.27. The molecule has 1 N–H and O–H groups in total. The Balaban J connectivity index is 1.62. The largest absolute Gasteiger partial charge is 0.349 e. The van der Waals surface area contributed by atoms with Crippen molar-refractivity contribution in [2.24, 2.45) is 0 Å². The van der Waals surface area contributed by atoms with E-state index in [0.29, 0.717) is 17.6 Å². The summed E-state index contributed by atoms with van der Waals surface area (Å²) < 4.78 is 0. The molecule has 0 saturated carbocycles. The lowest BCUT2D eigenvalue weighted by Gasteiger charge is -2.35. The molecule has 4 heteroatoms. The van der Waals surface area contributed by atoms with Crippen LogP contribution in [0.15, 0.2) is 29.2 Å². The molecule has 1 aromatic carbocycles. The van der Waals surface area contributed by atoms with Crippen molar-refractivity contribution in [3.63, 3.8) is 0 Å². The molecule has 0 spiro atoms. The quantitative estimate of drug-likeness (QED) is 0.813. The van der Waals surface area contributed by atoms with E-state index in [4.69, 9.17) is 0 Å². The van der Waals surface area contributed by atoms with E-state index in [9.17, 15) is 4.79 Å². The van der Waals surface area contributed by atoms with Gasteiger partial charge in [-0.25, -0.2) is 0 Å². The van der Waals surface area contributed by atoms with E-state index in [1.807, 2.05) is 24.3 Å². The zero-order chi connectivity index (χ0) is 13.2. The van der Waals surface area contributed by atoms with E-state index >= 15 is 0 Å². The number of carbonyl (C=O) groups excluding carboxylic acids is 1. The Labute approximate surface area is 119 Å². The first-order valence-electron chi connectivity index (χ1n) is 7.07. The van der Waals surface area contributed by atoms with Crippen LogP contribution in [-0.4, -0.2) is 36.0 Å². The minimum atomic E-state index is 0.0158. The van der Waals surface area contributed by atoms with Crippen LogP contribution in [0.1, 0.15) is 36.0 Å². The SMILES string of the molecule is O=C(NC1CCN2CCCC2C1)c1ccccc1S. The van der Waals surface area contributed by atoms with Gasteiger partial charge < -0.3 is 10.2 Å². The second-order valence-corrected chi connectivity index (χ2v) is 6.03. The predicted octanol–water partition coefficient (Wildman–Crippen LogP) is 2.33. The summed E-state index contributed by atoms with van der Waals surface area (Å²) in [5, 5.41) is 3.17. The first-order valence-corrected chi connectivity index (χ1v) is 7.51. The van der Waals surface area contributed by atoms with Crippen LogP contribution < -0.4 is 5.32 Å². The third-order valence-electron chi connectivity index (χ3n) is 4.30. The van der Waals surface area contributed by atoms with Gasteiger partial charge in [0, 0.05) is 23.5 Å². The number of hydrogen-bond donors (Lipinski definition) is 2. The summed E-state index contributed by atoms with van der Waals surface area (Å²) in [5.41, 5.74) is 0.680. The predicted molar refractivity (Wildman–Crippen MR) is 78.8 cm³/mol. The highest BCUT2D eigenvalue weighted by molar-refractivity contribution is 7.80. The Morgan fingerprint density at radius 2 is 2.11 bits per heavy atom. The minimum absolute atomic E-state index is 0.0158. The van der Waals surface area contributed by atoms with Crippen LogP contribution >= 0.6 is 12.6 Å². The maximum Gasteiger partial charge on any atom is 0.252 e. The summed E-state index contributed by atoms with van der Waals surface area (Å²) in [7, 11) is 0. The molecule has 2 saturated heterocycles. The van der Waals surface area contributed by atoms with E-state index in [2.05, 4.69) is 22.8 Å². The summed E-state index contributed by atoms with van der Waals surface area (Å²) in [6.45, 7) is 2.36. The Morgan fingerprint density at radius 3 is 2.95 bits per heavy atom. The summed E-state index contributed by atoms with van der Waals surface area (Å²) in [5.74, 6) is 0.0158. The van der Waals surface area contributed by atoms with Gasteiger partial charge in [-0.3, -0.25) is 4.79 Å². The monoisotopic (exact) mass is 276 g/mol. The van der Waals surface area contributed by atoms with Gasteiger partial charge in [0.05, 0.1) is 5.56 Å². The van der Waals surface area contributed by atoms with E-state index in [1.165, 1.54) is 19.4 Å². The lowest BCUT2D eigenvalue weighted by molar-refractivity contribution is 0.0893. The summed E-state index contributed by atoms with van der Waals surface area (Å²) in [6, 6.07) is 8.48. The molecule has 0 radical (unpaired) electrons. The average molecular weight is 276 g/mol. The molecular weight excluding hydrogens is 256 g/mol. The second-order valence-electron chi connectivity index (χ2n) is 5.54. The fraction of sp³-hybridized carbons (Fsp3) is 0.533. The highest BCUT2D eigenvalue weighted by atomic mass is 32.1. The standard InChI is InChI=1S/C15H20N2OS/c18-15(13-5-1-2-6-14(13)19)16-11-7-9-17-8-3-4-12(17)10-11/h1-2,5-6,11-12,19H,3-4,7-10H2,(H,16,18). The maximum absolute atomic E-state index is 12.3. The van der Waals surface area contributed by atoms with E-state index in [-0.39, 0.29) is 5.91 Å². The normalized spacial score (nSPS) is 27.0. The molecule has 2 unspecified atom stereocenters. The number of piperidine rings is 1. The average Bonchev–Trinajstić information content (AvgIpc) is 2.86. The molecule has 3 nitrogen and oxygen atoms in total. The van der Waals surface area contributed by atoms with Gasteiger partial charge in [0.15, 0.2) is 0 Å². The van der Waals surface area contributed by atoms with Crippen molar-refractivity contribution in [3.05, 3.63) is 29.8 Å². The number of benzene rings is 1. The van der Waals surface area contributed by atoms with Crippen molar-refractivity contribution in [1.82, 2.24) is 10.2 Å². The molecule has 2 atom stereocenters. The van der Waals surface area contributed by atoms with Gasteiger partial charge in [-0.1, -0.05) is 12.1 Å². The third-order valence-corrected chi connectivity index (χ3v) is 4.69. The molecule has 102 valence electrons. The molecule has 3 rings (SSSR count). The fourth-order valence-electron chi connectivity index (χ4n) is 3.28. The number of nitrogens with zero attached hydrogens (tertiary/aromatic N) is 1. The first kappa shape index (κ1) is 13.0. The van der Waals surface area contributed by atoms with E-state index in [1.54, 1.807) is 0 Å². The Bertz CT molecular complexity index is 477. The fourth-order valence-corrected chi connectivity index (χ4v) is 3.55. The number of fused-ring (bicyclic) bond motifs is 1. The van der Waals surface area contributed by atoms with Crippen molar-refractivity contribution in [1.29, 1.82) is 0 Å². The van der Waals surface area contributed by atoms with Gasteiger partial charge in [-0.2, -0.15) is 0 Å². The van der Waals surface area contributed by atoms with Gasteiger partial charge in [0.25, 0.3) is 5.91 Å². The molecular formula is C15H20N2OS. The Kier molecular flexibility index (Phi) is 3.80. The van der Waals surface area contributed by atoms with Crippen LogP contribution in [0.3, 0.4) is 0 Å². The van der Waals surface area contributed by atoms with Crippen molar-refractivity contribution < 1.29 is 4.79 Å². The topological polar surface area (TPSA) is 32.3 Å². The van der Waals surface area contributed by atoms with Crippen LogP contribution in [-0.2, 0) is 0 Å². The van der Waals surface area contributed by atoms with Gasteiger partial charge in [0.1, 0.15) is 0 Å². The smallest absolute Gasteiger partial charge is 0.252 e. The molecule has 2 heterocycles. The Morgan fingerprint density at radius 1 is 1.26 bits per heavy atom. The lowest BCUT2D eigenvalue weighted by Crippen LogP contribution is -2.47. The van der Waals surface area contributed by atoms with E-state index in [0.717, 1.165) is 24.3 Å². The second kappa shape index (κ2) is 5.55. The lowest BCUT2D eigenvalue weighted by atomic mass is 9.97. The zero-order valence-electron chi connectivity index (χ0n) is 11.0. The van der Waals surface area contributed by atoms with Crippen LogP contribution in [0.25, 0.3) is 0 Å². The van der Waals surface area contributed by atoms with Crippen LogP contribution in [0, 0.1) is 0 Å². The third kappa shape index (κ3) is 2.79. The van der Waals surface area contributed by atoms with Crippen LogP contribution in [0.4, 0.5) is 0 Å². The van der Waals surface area contributed by atoms with Crippen molar-refractivity contribution in [2.75, 3.05) is 13.1 Å². The van der Waals surface area contributed by atoms with Gasteiger partial charge in [-0.05, 0) is 44.4 Å². The molecule has 2 aliphatic heterocycles. The summed E-state index contributed by atoms with van der Waals surface area (Å²) in [4.78, 5) is 15.6. The number of thiol groups is 1. The summed E-state index contributed by atoms with van der Waals surface area (Å²) >= 11 is 4.35. The number of nitrogens with one attached hydrogen (secondary N) is 1. The summed E-state index contributed by atoms with van der Waals surface area (Å²) in [6.07, 6.45) is 4.76. The van der Waals surface area contributed by atoms with Crippen molar-refractivity contribution in [2.45, 2.75) is 42.7 Å². The molecule has 0 aliphatic carbocycles. The number of carbonyl (C=O) groups is 1. The van der Waals surface area contributed by atoms with Crippen LogP contribution in [0.2, 0.25) is 0 Å². The Hall–Kier alpha value is -1.00. The van der Waals surface area contributed by atoms with Crippen molar-refractivity contribution in [3.8, 4) is 0 Å².